The summed E-state index contributed by atoms with van der Waals surface area (Å²) < 4.78 is 22.2. The van der Waals surface area contributed by atoms with Crippen LogP contribution in [0.25, 0.3) is 0 Å². The van der Waals surface area contributed by atoms with Gasteiger partial charge in [-0.05, 0) is 6.42 Å². The van der Waals surface area contributed by atoms with Gasteiger partial charge in [-0.2, -0.15) is 0 Å². The molecule has 1 atom stereocenters. The van der Waals surface area contributed by atoms with Gasteiger partial charge in [0.05, 0.1) is 5.75 Å². The maximum atomic E-state index is 11.9. The van der Waals surface area contributed by atoms with Gasteiger partial charge in [-0.3, -0.25) is 9.59 Å². The summed E-state index contributed by atoms with van der Waals surface area (Å²) in [6, 6.07) is -0.892. The molecule has 7 nitrogen and oxygen atoms in total. The molecule has 1 aromatic heterocycles. The lowest BCUT2D eigenvalue weighted by molar-refractivity contribution is -0.125. The number of nitrogens with one attached hydrogen (secondary N) is 2. The van der Waals surface area contributed by atoms with Crippen molar-refractivity contribution in [2.45, 2.75) is 19.4 Å². The van der Waals surface area contributed by atoms with Crippen molar-refractivity contribution in [3.8, 4) is 0 Å². The van der Waals surface area contributed by atoms with E-state index in [2.05, 4.69) is 15.6 Å². The molecular weight excluding hydrogens is 290 g/mol. The SMILES string of the molecule is CC(=O)N[C@H](CCS(C)(=O)=O)C(=O)Nc1nccs1. The Morgan fingerprint density at radius 1 is 1.47 bits per heavy atom. The molecule has 0 unspecified atom stereocenters. The molecule has 0 spiro atoms. The third-order valence-electron chi connectivity index (χ3n) is 2.13. The van der Waals surface area contributed by atoms with Gasteiger partial charge in [0.25, 0.3) is 0 Å². The molecule has 0 saturated carbocycles. The highest BCUT2D eigenvalue weighted by Crippen LogP contribution is 2.11. The Kier molecular flexibility index (Phi) is 5.43. The molecule has 0 fully saturated rings. The highest BCUT2D eigenvalue weighted by atomic mass is 32.2. The Balaban J connectivity index is 2.67. The number of carbonyl (C=O) groups is 2. The Morgan fingerprint density at radius 3 is 2.63 bits per heavy atom. The fourth-order valence-corrected chi connectivity index (χ4v) is 2.52. The van der Waals surface area contributed by atoms with Crippen LogP contribution in [0.3, 0.4) is 0 Å². The zero-order chi connectivity index (χ0) is 14.5. The Labute approximate surface area is 115 Å². The summed E-state index contributed by atoms with van der Waals surface area (Å²) in [5.41, 5.74) is 0. The summed E-state index contributed by atoms with van der Waals surface area (Å²) in [5.74, 6) is -1.05. The highest BCUT2D eigenvalue weighted by molar-refractivity contribution is 7.90. The van der Waals surface area contributed by atoms with Crippen molar-refractivity contribution >= 4 is 38.1 Å². The van der Waals surface area contributed by atoms with Crippen LogP contribution < -0.4 is 10.6 Å². The number of aromatic nitrogens is 1. The van der Waals surface area contributed by atoms with Gasteiger partial charge in [0.2, 0.25) is 11.8 Å². The van der Waals surface area contributed by atoms with Crippen molar-refractivity contribution < 1.29 is 18.0 Å². The molecule has 0 aliphatic heterocycles. The summed E-state index contributed by atoms with van der Waals surface area (Å²) >= 11 is 1.24. The van der Waals surface area contributed by atoms with E-state index in [0.29, 0.717) is 5.13 Å². The Morgan fingerprint density at radius 2 is 2.16 bits per heavy atom. The second-order valence-corrected chi connectivity index (χ2v) is 7.15. The average molecular weight is 305 g/mol. The van der Waals surface area contributed by atoms with E-state index in [9.17, 15) is 18.0 Å². The largest absolute Gasteiger partial charge is 0.345 e. The summed E-state index contributed by atoms with van der Waals surface area (Å²) in [5, 5.41) is 7.05. The van der Waals surface area contributed by atoms with Gasteiger partial charge >= 0.3 is 0 Å². The first-order valence-corrected chi connectivity index (χ1v) is 8.37. The van der Waals surface area contributed by atoms with E-state index >= 15 is 0 Å². The number of sulfone groups is 1. The molecule has 0 aromatic carbocycles. The Hall–Kier alpha value is -1.48. The molecular formula is C10H15N3O4S2. The molecule has 106 valence electrons. The first-order chi connectivity index (χ1) is 8.78. The van der Waals surface area contributed by atoms with Crippen molar-refractivity contribution in [3.05, 3.63) is 11.6 Å². The normalized spacial score (nSPS) is 12.7. The number of hydrogen-bond donors (Lipinski definition) is 2. The van der Waals surface area contributed by atoms with Crippen molar-refractivity contribution in [1.82, 2.24) is 10.3 Å². The first-order valence-electron chi connectivity index (χ1n) is 5.43. The molecule has 1 aromatic rings. The van der Waals surface area contributed by atoms with Crippen LogP contribution in [0.15, 0.2) is 11.6 Å². The van der Waals surface area contributed by atoms with Crippen molar-refractivity contribution in [2.24, 2.45) is 0 Å². The number of nitrogens with zero attached hydrogens (tertiary/aromatic N) is 1. The minimum atomic E-state index is -3.19. The maximum absolute atomic E-state index is 11.9. The van der Waals surface area contributed by atoms with Crippen LogP contribution in [0.4, 0.5) is 5.13 Å². The predicted octanol–water partition coefficient (Wildman–Crippen LogP) is 0.0210. The molecule has 0 bridgehead atoms. The molecule has 0 aliphatic carbocycles. The second kappa shape index (κ2) is 6.62. The third-order valence-corrected chi connectivity index (χ3v) is 3.80. The lowest BCUT2D eigenvalue weighted by Gasteiger charge is -2.16. The number of hydrogen-bond acceptors (Lipinski definition) is 6. The lowest BCUT2D eigenvalue weighted by atomic mass is 10.2. The molecule has 1 rings (SSSR count). The van der Waals surface area contributed by atoms with Gasteiger partial charge in [0, 0.05) is 24.8 Å². The van der Waals surface area contributed by atoms with Crippen LogP contribution in [-0.4, -0.2) is 43.3 Å². The standard InChI is InChI=1S/C10H15N3O4S2/c1-7(14)12-8(3-6-19(2,16)17)9(15)13-10-11-4-5-18-10/h4-5,8H,3,6H2,1-2H3,(H,12,14)(H,11,13,15)/t8-/m1/s1. The van der Waals surface area contributed by atoms with Crippen LogP contribution in [-0.2, 0) is 19.4 Å². The van der Waals surface area contributed by atoms with Crippen molar-refractivity contribution in [3.63, 3.8) is 0 Å². The van der Waals surface area contributed by atoms with Crippen LogP contribution in [0, 0.1) is 0 Å². The number of thiazole rings is 1. The number of carbonyl (C=O) groups excluding carboxylic acids is 2. The first kappa shape index (κ1) is 15.6. The van der Waals surface area contributed by atoms with Gasteiger partial charge in [-0.1, -0.05) is 0 Å². The molecule has 0 saturated heterocycles. The molecule has 2 N–H and O–H groups in total. The third kappa shape index (κ3) is 6.30. The molecule has 9 heteroatoms. The Bertz CT molecular complexity index is 539. The van der Waals surface area contributed by atoms with E-state index in [-0.39, 0.29) is 12.2 Å². The summed E-state index contributed by atoms with van der Waals surface area (Å²) in [6.45, 7) is 1.27. The average Bonchev–Trinajstić information content (AvgIpc) is 2.75. The molecule has 0 radical (unpaired) electrons. The minimum absolute atomic E-state index is 0.0234. The van der Waals surface area contributed by atoms with Crippen LogP contribution in [0.2, 0.25) is 0 Å². The van der Waals surface area contributed by atoms with E-state index in [1.54, 1.807) is 5.38 Å². The molecule has 1 heterocycles. The van der Waals surface area contributed by atoms with Crippen molar-refractivity contribution in [2.75, 3.05) is 17.3 Å². The highest BCUT2D eigenvalue weighted by Gasteiger charge is 2.21. The van der Waals surface area contributed by atoms with E-state index in [4.69, 9.17) is 0 Å². The lowest BCUT2D eigenvalue weighted by Crippen LogP contribution is -2.43. The number of rotatable bonds is 6. The van der Waals surface area contributed by atoms with Crippen LogP contribution in [0.1, 0.15) is 13.3 Å². The number of amides is 2. The summed E-state index contributed by atoms with van der Waals surface area (Å²) in [7, 11) is -3.19. The minimum Gasteiger partial charge on any atom is -0.345 e. The van der Waals surface area contributed by atoms with Gasteiger partial charge < -0.3 is 10.6 Å². The quantitative estimate of drug-likeness (QED) is 0.771. The monoisotopic (exact) mass is 305 g/mol. The number of anilines is 1. The topological polar surface area (TPSA) is 105 Å². The van der Waals surface area contributed by atoms with Gasteiger partial charge in [-0.25, -0.2) is 13.4 Å². The fraction of sp³-hybridized carbons (Fsp3) is 0.500. The van der Waals surface area contributed by atoms with Gasteiger partial charge in [0.15, 0.2) is 5.13 Å². The van der Waals surface area contributed by atoms with E-state index < -0.39 is 27.7 Å². The van der Waals surface area contributed by atoms with E-state index in [0.717, 1.165) is 6.26 Å². The smallest absolute Gasteiger partial charge is 0.248 e. The predicted molar refractivity (Wildman–Crippen MR) is 72.7 cm³/mol. The molecule has 2 amide bonds. The van der Waals surface area contributed by atoms with Crippen molar-refractivity contribution in [1.29, 1.82) is 0 Å². The van der Waals surface area contributed by atoms with Crippen LogP contribution in [0.5, 0.6) is 0 Å². The zero-order valence-electron chi connectivity index (χ0n) is 10.5. The summed E-state index contributed by atoms with van der Waals surface area (Å²) in [6.07, 6.45) is 2.64. The van der Waals surface area contributed by atoms with E-state index in [1.165, 1.54) is 24.5 Å². The fourth-order valence-electron chi connectivity index (χ4n) is 1.32. The zero-order valence-corrected chi connectivity index (χ0v) is 12.2. The van der Waals surface area contributed by atoms with Crippen LogP contribution >= 0.6 is 11.3 Å². The molecule has 0 aliphatic rings. The van der Waals surface area contributed by atoms with E-state index in [1.807, 2.05) is 0 Å². The van der Waals surface area contributed by atoms with Gasteiger partial charge in [0.1, 0.15) is 15.9 Å². The molecule has 19 heavy (non-hydrogen) atoms. The maximum Gasteiger partial charge on any atom is 0.248 e. The summed E-state index contributed by atoms with van der Waals surface area (Å²) in [4.78, 5) is 26.8. The van der Waals surface area contributed by atoms with Gasteiger partial charge in [-0.15, -0.1) is 11.3 Å². The second-order valence-electron chi connectivity index (χ2n) is 4.00.